The number of carboxylic acid groups (broad SMARTS) is 1. The van der Waals surface area contributed by atoms with E-state index in [9.17, 15) is 14.7 Å². The lowest BCUT2D eigenvalue weighted by Gasteiger charge is -2.14. The van der Waals surface area contributed by atoms with Crippen LogP contribution < -0.4 is 5.32 Å². The maximum absolute atomic E-state index is 12.1. The highest BCUT2D eigenvalue weighted by Crippen LogP contribution is 2.13. The molecular formula is C15H13BrN2O3. The van der Waals surface area contributed by atoms with Gasteiger partial charge in [0.2, 0.25) is 0 Å². The zero-order valence-corrected chi connectivity index (χ0v) is 12.6. The number of nitrogens with one attached hydrogen (secondary N) is 1. The molecule has 0 aliphatic carbocycles. The Morgan fingerprint density at radius 2 is 1.90 bits per heavy atom. The third kappa shape index (κ3) is 4.13. The Hall–Kier alpha value is -2.21. The quantitative estimate of drug-likeness (QED) is 0.868. The summed E-state index contributed by atoms with van der Waals surface area (Å²) in [4.78, 5) is 27.4. The van der Waals surface area contributed by atoms with Crippen LogP contribution in [0.3, 0.4) is 0 Å². The van der Waals surface area contributed by atoms with Crippen molar-refractivity contribution in [3.8, 4) is 0 Å². The van der Waals surface area contributed by atoms with Gasteiger partial charge in [-0.3, -0.25) is 4.79 Å². The molecule has 1 heterocycles. The summed E-state index contributed by atoms with van der Waals surface area (Å²) in [6.07, 6.45) is 1.69. The molecule has 0 aliphatic heterocycles. The van der Waals surface area contributed by atoms with Crippen molar-refractivity contribution in [1.29, 1.82) is 0 Å². The number of carbonyl (C=O) groups excluding carboxylic acids is 1. The van der Waals surface area contributed by atoms with Crippen LogP contribution in [0.2, 0.25) is 0 Å². The van der Waals surface area contributed by atoms with Crippen molar-refractivity contribution in [1.82, 2.24) is 10.3 Å². The summed E-state index contributed by atoms with van der Waals surface area (Å²) in [5, 5.41) is 11.7. The smallest absolute Gasteiger partial charge is 0.326 e. The summed E-state index contributed by atoms with van der Waals surface area (Å²) < 4.78 is 0.520. The predicted molar refractivity (Wildman–Crippen MR) is 81.0 cm³/mol. The molecule has 0 saturated heterocycles. The van der Waals surface area contributed by atoms with Crippen molar-refractivity contribution in [2.45, 2.75) is 12.5 Å². The first-order valence-electron chi connectivity index (χ1n) is 6.26. The molecule has 0 fully saturated rings. The van der Waals surface area contributed by atoms with Gasteiger partial charge in [-0.2, -0.15) is 0 Å². The van der Waals surface area contributed by atoms with E-state index in [1.54, 1.807) is 12.1 Å². The second-order valence-corrected chi connectivity index (χ2v) is 5.24. The molecular weight excluding hydrogens is 336 g/mol. The van der Waals surface area contributed by atoms with Gasteiger partial charge in [0.05, 0.1) is 0 Å². The number of carbonyl (C=O) groups is 2. The number of carboxylic acids is 1. The molecule has 0 radical (unpaired) electrons. The molecule has 1 aromatic carbocycles. The van der Waals surface area contributed by atoms with E-state index in [-0.39, 0.29) is 12.1 Å². The molecule has 0 unspecified atom stereocenters. The lowest BCUT2D eigenvalue weighted by Crippen LogP contribution is -2.42. The highest BCUT2D eigenvalue weighted by molar-refractivity contribution is 9.10. The molecule has 0 bridgehead atoms. The van der Waals surface area contributed by atoms with E-state index in [0.29, 0.717) is 4.47 Å². The van der Waals surface area contributed by atoms with Crippen LogP contribution in [0.5, 0.6) is 0 Å². The number of hydrogen-bond donors (Lipinski definition) is 2. The fourth-order valence-electron chi connectivity index (χ4n) is 1.83. The van der Waals surface area contributed by atoms with Gasteiger partial charge in [-0.1, -0.05) is 30.3 Å². The summed E-state index contributed by atoms with van der Waals surface area (Å²) in [5.74, 6) is -1.61. The van der Waals surface area contributed by atoms with Gasteiger partial charge >= 0.3 is 5.97 Å². The fourth-order valence-corrected chi connectivity index (χ4v) is 2.26. The van der Waals surface area contributed by atoms with Crippen LogP contribution >= 0.6 is 15.9 Å². The van der Waals surface area contributed by atoms with Crippen LogP contribution in [-0.4, -0.2) is 28.0 Å². The van der Waals surface area contributed by atoms with E-state index >= 15 is 0 Å². The number of benzene rings is 1. The van der Waals surface area contributed by atoms with Crippen LogP contribution in [0.1, 0.15) is 16.1 Å². The summed E-state index contributed by atoms with van der Waals surface area (Å²) in [6, 6.07) is 11.5. The van der Waals surface area contributed by atoms with Crippen LogP contribution in [0.4, 0.5) is 0 Å². The average molecular weight is 349 g/mol. The molecule has 0 saturated carbocycles. The normalized spacial score (nSPS) is 11.7. The topological polar surface area (TPSA) is 79.3 Å². The molecule has 2 aromatic rings. The summed E-state index contributed by atoms with van der Waals surface area (Å²) in [6.45, 7) is 0. The van der Waals surface area contributed by atoms with Crippen molar-refractivity contribution < 1.29 is 14.7 Å². The highest BCUT2D eigenvalue weighted by atomic mass is 79.9. The Labute approximate surface area is 130 Å². The summed E-state index contributed by atoms with van der Waals surface area (Å²) in [7, 11) is 0. The largest absolute Gasteiger partial charge is 0.480 e. The van der Waals surface area contributed by atoms with Gasteiger partial charge in [-0.15, -0.1) is 0 Å². The third-order valence-electron chi connectivity index (χ3n) is 2.86. The minimum absolute atomic E-state index is 0.164. The highest BCUT2D eigenvalue weighted by Gasteiger charge is 2.22. The Kier molecular flexibility index (Phi) is 5.05. The molecule has 1 aromatic heterocycles. The number of nitrogens with zero attached hydrogens (tertiary/aromatic N) is 1. The van der Waals surface area contributed by atoms with Crippen molar-refractivity contribution in [3.63, 3.8) is 0 Å². The molecule has 2 rings (SSSR count). The maximum Gasteiger partial charge on any atom is 0.326 e. The van der Waals surface area contributed by atoms with Crippen molar-refractivity contribution in [2.24, 2.45) is 0 Å². The Morgan fingerprint density at radius 3 is 2.52 bits per heavy atom. The number of aliphatic carboxylic acids is 1. The van der Waals surface area contributed by atoms with Gasteiger partial charge in [0.1, 0.15) is 11.7 Å². The van der Waals surface area contributed by atoms with Gasteiger partial charge in [0, 0.05) is 17.1 Å². The number of hydrogen-bond acceptors (Lipinski definition) is 3. The van der Waals surface area contributed by atoms with Crippen LogP contribution in [0, 0.1) is 0 Å². The SMILES string of the molecule is O=C(N[C@@H](Cc1ccccc1)C(=O)O)c1ncccc1Br. The zero-order valence-electron chi connectivity index (χ0n) is 11.0. The maximum atomic E-state index is 12.1. The van der Waals surface area contributed by atoms with Crippen molar-refractivity contribution >= 4 is 27.8 Å². The molecule has 1 amide bonds. The first kappa shape index (κ1) is 15.2. The van der Waals surface area contributed by atoms with Gasteiger partial charge in [0.15, 0.2) is 0 Å². The minimum Gasteiger partial charge on any atom is -0.480 e. The Morgan fingerprint density at radius 1 is 1.19 bits per heavy atom. The number of amides is 1. The van der Waals surface area contributed by atoms with E-state index in [4.69, 9.17) is 0 Å². The van der Waals surface area contributed by atoms with Crippen LogP contribution in [0.15, 0.2) is 53.1 Å². The predicted octanol–water partition coefficient (Wildman–Crippen LogP) is 2.27. The first-order chi connectivity index (χ1) is 10.1. The third-order valence-corrected chi connectivity index (χ3v) is 3.50. The van der Waals surface area contributed by atoms with Gasteiger partial charge in [-0.25, -0.2) is 9.78 Å². The van der Waals surface area contributed by atoms with E-state index in [1.165, 1.54) is 6.20 Å². The van der Waals surface area contributed by atoms with Gasteiger partial charge in [0.25, 0.3) is 5.91 Å². The molecule has 0 spiro atoms. The van der Waals surface area contributed by atoms with Gasteiger partial charge in [-0.05, 0) is 33.6 Å². The lowest BCUT2D eigenvalue weighted by molar-refractivity contribution is -0.139. The van der Waals surface area contributed by atoms with Gasteiger partial charge < -0.3 is 10.4 Å². The molecule has 108 valence electrons. The molecule has 6 heteroatoms. The molecule has 2 N–H and O–H groups in total. The number of aromatic nitrogens is 1. The average Bonchev–Trinajstić information content (AvgIpc) is 2.48. The van der Waals surface area contributed by atoms with E-state index < -0.39 is 17.9 Å². The Balaban J connectivity index is 2.12. The van der Waals surface area contributed by atoms with E-state index in [0.717, 1.165) is 5.56 Å². The standard InChI is InChI=1S/C15H13BrN2O3/c16-11-7-4-8-17-13(11)14(19)18-12(15(20)21)9-10-5-2-1-3-6-10/h1-8,12H,9H2,(H,18,19)(H,20,21)/t12-/m0/s1. The first-order valence-corrected chi connectivity index (χ1v) is 7.05. The van der Waals surface area contributed by atoms with E-state index in [2.05, 4.69) is 26.2 Å². The summed E-state index contributed by atoms with van der Waals surface area (Å²) >= 11 is 3.22. The molecule has 1 atom stereocenters. The van der Waals surface area contributed by atoms with Crippen molar-refractivity contribution in [3.05, 3.63) is 64.4 Å². The van der Waals surface area contributed by atoms with Crippen LogP contribution in [0.25, 0.3) is 0 Å². The van der Waals surface area contributed by atoms with E-state index in [1.807, 2.05) is 30.3 Å². The minimum atomic E-state index is -1.08. The second-order valence-electron chi connectivity index (χ2n) is 4.39. The number of halogens is 1. The lowest BCUT2D eigenvalue weighted by atomic mass is 10.1. The zero-order chi connectivity index (χ0) is 15.2. The molecule has 0 aliphatic rings. The summed E-state index contributed by atoms with van der Waals surface area (Å²) in [5.41, 5.74) is 1.00. The molecule has 5 nitrogen and oxygen atoms in total. The van der Waals surface area contributed by atoms with Crippen LogP contribution in [-0.2, 0) is 11.2 Å². The number of rotatable bonds is 5. The second kappa shape index (κ2) is 6.99. The fraction of sp³-hybridized carbons (Fsp3) is 0.133. The molecule has 21 heavy (non-hydrogen) atoms. The Bertz CT molecular complexity index is 646. The number of pyridine rings is 1. The van der Waals surface area contributed by atoms with Crippen molar-refractivity contribution in [2.75, 3.05) is 0 Å². The monoisotopic (exact) mass is 348 g/mol.